The summed E-state index contributed by atoms with van der Waals surface area (Å²) in [6.07, 6.45) is 0.904. The molecule has 0 bridgehead atoms. The molecule has 0 spiro atoms. The third-order valence-corrected chi connectivity index (χ3v) is 6.82. The second-order valence-corrected chi connectivity index (χ2v) is 9.26. The van der Waals surface area contributed by atoms with Crippen LogP contribution in [0.15, 0.2) is 91.0 Å². The van der Waals surface area contributed by atoms with E-state index in [9.17, 15) is 9.90 Å². The van der Waals surface area contributed by atoms with Crippen LogP contribution in [0.1, 0.15) is 76.8 Å². The molecule has 0 heterocycles. The average Bonchev–Trinajstić information content (AvgIpc) is 2.96. The van der Waals surface area contributed by atoms with E-state index < -0.39 is 24.1 Å². The second kappa shape index (κ2) is 12.5. The average molecular weight is 512 g/mol. The fraction of sp³-hybridized carbons (Fsp3) is 0.242. The number of amides is 1. The first-order valence-electron chi connectivity index (χ1n) is 13.1. The zero-order valence-corrected chi connectivity index (χ0v) is 22.1. The van der Waals surface area contributed by atoms with E-state index in [0.717, 1.165) is 47.6 Å². The molecule has 5 heteroatoms. The molecule has 4 rings (SSSR count). The molecule has 2 N–H and O–H groups in total. The lowest BCUT2D eigenvalue weighted by atomic mass is 9.94. The maximum absolute atomic E-state index is 15.3. The summed E-state index contributed by atoms with van der Waals surface area (Å²) >= 11 is 0. The summed E-state index contributed by atoms with van der Waals surface area (Å²) < 4.78 is 21.6. The highest BCUT2D eigenvalue weighted by atomic mass is 19.1. The molecule has 0 aliphatic carbocycles. The van der Waals surface area contributed by atoms with E-state index >= 15 is 4.39 Å². The predicted octanol–water partition coefficient (Wildman–Crippen LogP) is 7.10. The minimum Gasteiger partial charge on any atom is -0.478 e. The Morgan fingerprint density at radius 3 is 2.00 bits per heavy atom. The summed E-state index contributed by atoms with van der Waals surface area (Å²) in [7, 11) is 0. The quantitative estimate of drug-likeness (QED) is 0.223. The van der Waals surface area contributed by atoms with Crippen molar-refractivity contribution < 1.29 is 19.0 Å². The summed E-state index contributed by atoms with van der Waals surface area (Å²) in [6.45, 7) is 6.22. The summed E-state index contributed by atoms with van der Waals surface area (Å²) in [5, 5.41) is 13.0. The Morgan fingerprint density at radius 1 is 0.816 bits per heavy atom. The lowest BCUT2D eigenvalue weighted by Gasteiger charge is -2.23. The Morgan fingerprint density at radius 2 is 1.42 bits per heavy atom. The molecule has 0 radical (unpaired) electrons. The third kappa shape index (κ3) is 6.29. The first kappa shape index (κ1) is 27.1. The van der Waals surface area contributed by atoms with Crippen molar-refractivity contribution in [3.05, 3.63) is 136 Å². The molecule has 0 saturated heterocycles. The number of aryl methyl sites for hydroxylation is 3. The number of hydrogen-bond acceptors (Lipinski definition) is 3. The monoisotopic (exact) mass is 511 g/mol. The van der Waals surface area contributed by atoms with Crippen molar-refractivity contribution in [1.82, 2.24) is 5.32 Å². The van der Waals surface area contributed by atoms with Crippen molar-refractivity contribution in [3.8, 4) is 5.75 Å². The normalized spacial score (nSPS) is 12.6. The van der Waals surface area contributed by atoms with Crippen LogP contribution in [-0.2, 0) is 19.3 Å². The van der Waals surface area contributed by atoms with Crippen LogP contribution in [0.2, 0.25) is 0 Å². The van der Waals surface area contributed by atoms with E-state index in [4.69, 9.17) is 4.74 Å². The molecule has 2 atom stereocenters. The van der Waals surface area contributed by atoms with Crippen molar-refractivity contribution in [2.24, 2.45) is 0 Å². The number of benzene rings is 4. The number of ether oxygens (including phenoxy) is 1. The van der Waals surface area contributed by atoms with Gasteiger partial charge < -0.3 is 15.2 Å². The van der Waals surface area contributed by atoms with E-state index in [1.807, 2.05) is 49.4 Å². The SMILES string of the molecule is CCc1ccc(C(O)NC(=O)c2ccc(OC(c3ccc(CC)cc3)c3ccccc3CC)c(F)c2)cc1. The second-order valence-electron chi connectivity index (χ2n) is 9.26. The molecular weight excluding hydrogens is 477 g/mol. The maximum Gasteiger partial charge on any atom is 0.253 e. The lowest BCUT2D eigenvalue weighted by molar-refractivity contribution is 0.0783. The molecule has 0 fully saturated rings. The summed E-state index contributed by atoms with van der Waals surface area (Å²) in [5.74, 6) is -1.18. The molecule has 4 nitrogen and oxygen atoms in total. The molecular formula is C33H34FNO3. The van der Waals surface area contributed by atoms with Gasteiger partial charge >= 0.3 is 0 Å². The maximum atomic E-state index is 15.3. The molecule has 0 aliphatic rings. The van der Waals surface area contributed by atoms with E-state index in [-0.39, 0.29) is 11.3 Å². The van der Waals surface area contributed by atoms with Crippen LogP contribution in [0.25, 0.3) is 0 Å². The zero-order chi connectivity index (χ0) is 27.1. The molecule has 4 aromatic carbocycles. The fourth-order valence-corrected chi connectivity index (χ4v) is 4.44. The Labute approximate surface area is 224 Å². The standard InChI is InChI=1S/C33H34FNO3/c1-4-22-11-15-25(16-12-22)31(28-10-8-7-9-24(28)6-3)38-30-20-19-27(21-29(30)34)33(37)35-32(36)26-17-13-23(5-2)14-18-26/h7-21,31-32,36H,4-6H2,1-3H3,(H,35,37). The highest BCUT2D eigenvalue weighted by Crippen LogP contribution is 2.33. The smallest absolute Gasteiger partial charge is 0.253 e. The van der Waals surface area contributed by atoms with E-state index in [2.05, 4.69) is 37.4 Å². The van der Waals surface area contributed by atoms with Crippen molar-refractivity contribution in [3.63, 3.8) is 0 Å². The largest absolute Gasteiger partial charge is 0.478 e. The van der Waals surface area contributed by atoms with E-state index in [0.29, 0.717) is 5.56 Å². The first-order chi connectivity index (χ1) is 18.4. The van der Waals surface area contributed by atoms with E-state index in [1.165, 1.54) is 17.7 Å². The van der Waals surface area contributed by atoms with Gasteiger partial charge in [0.1, 0.15) is 6.10 Å². The molecule has 4 aromatic rings. The van der Waals surface area contributed by atoms with E-state index in [1.54, 1.807) is 12.1 Å². The van der Waals surface area contributed by atoms with Crippen LogP contribution in [0.3, 0.4) is 0 Å². The number of carbonyl (C=O) groups excluding carboxylic acids is 1. The number of rotatable bonds is 10. The fourth-order valence-electron chi connectivity index (χ4n) is 4.44. The molecule has 196 valence electrons. The molecule has 38 heavy (non-hydrogen) atoms. The number of hydrogen-bond donors (Lipinski definition) is 2. The first-order valence-corrected chi connectivity index (χ1v) is 13.1. The Bertz CT molecular complexity index is 1370. The summed E-state index contributed by atoms with van der Waals surface area (Å²) in [4.78, 5) is 12.7. The Balaban J connectivity index is 1.56. The Hall–Kier alpha value is -3.96. The summed E-state index contributed by atoms with van der Waals surface area (Å²) in [6, 6.07) is 27.6. The molecule has 0 saturated carbocycles. The van der Waals surface area contributed by atoms with Crippen molar-refractivity contribution in [2.75, 3.05) is 0 Å². The van der Waals surface area contributed by atoms with Gasteiger partial charge in [0.2, 0.25) is 0 Å². The van der Waals surface area contributed by atoms with Gasteiger partial charge in [-0.15, -0.1) is 0 Å². The van der Waals surface area contributed by atoms with Crippen LogP contribution < -0.4 is 10.1 Å². The van der Waals surface area contributed by atoms with Crippen LogP contribution in [0.4, 0.5) is 4.39 Å². The third-order valence-electron chi connectivity index (χ3n) is 6.82. The Kier molecular flexibility index (Phi) is 8.93. The van der Waals surface area contributed by atoms with Crippen LogP contribution >= 0.6 is 0 Å². The minimum absolute atomic E-state index is 0.0488. The van der Waals surface area contributed by atoms with Gasteiger partial charge in [0.15, 0.2) is 17.8 Å². The van der Waals surface area contributed by atoms with Gasteiger partial charge in [0.25, 0.3) is 5.91 Å². The molecule has 0 aromatic heterocycles. The molecule has 2 unspecified atom stereocenters. The van der Waals surface area contributed by atoms with Gasteiger partial charge in [-0.1, -0.05) is 93.6 Å². The van der Waals surface area contributed by atoms with Crippen LogP contribution in [0.5, 0.6) is 5.75 Å². The number of halogens is 1. The number of aliphatic hydroxyl groups excluding tert-OH is 1. The number of nitrogens with one attached hydrogen (secondary N) is 1. The summed E-state index contributed by atoms with van der Waals surface area (Å²) in [5.41, 5.74) is 6.00. The van der Waals surface area contributed by atoms with Gasteiger partial charge in [-0.2, -0.15) is 0 Å². The highest BCUT2D eigenvalue weighted by molar-refractivity contribution is 5.94. The van der Waals surface area contributed by atoms with Gasteiger partial charge in [-0.3, -0.25) is 4.79 Å². The molecule has 1 amide bonds. The number of carbonyl (C=O) groups is 1. The zero-order valence-electron chi connectivity index (χ0n) is 22.1. The van der Waals surface area contributed by atoms with Gasteiger partial charge in [0, 0.05) is 16.7 Å². The van der Waals surface area contributed by atoms with Crippen molar-refractivity contribution in [1.29, 1.82) is 0 Å². The van der Waals surface area contributed by atoms with Crippen LogP contribution in [0, 0.1) is 5.82 Å². The van der Waals surface area contributed by atoms with Crippen molar-refractivity contribution in [2.45, 2.75) is 52.4 Å². The minimum atomic E-state index is -1.20. The number of aliphatic hydroxyl groups is 1. The van der Waals surface area contributed by atoms with Gasteiger partial charge in [0.05, 0.1) is 0 Å². The predicted molar refractivity (Wildman–Crippen MR) is 149 cm³/mol. The van der Waals surface area contributed by atoms with Gasteiger partial charge in [-0.25, -0.2) is 4.39 Å². The topological polar surface area (TPSA) is 58.6 Å². The molecule has 0 aliphatic heterocycles. The van der Waals surface area contributed by atoms with Gasteiger partial charge in [-0.05, 0) is 59.7 Å². The van der Waals surface area contributed by atoms with Crippen molar-refractivity contribution >= 4 is 5.91 Å². The lowest BCUT2D eigenvalue weighted by Crippen LogP contribution is -2.28. The highest BCUT2D eigenvalue weighted by Gasteiger charge is 2.22. The van der Waals surface area contributed by atoms with Crippen LogP contribution in [-0.4, -0.2) is 11.0 Å².